The van der Waals surface area contributed by atoms with Crippen molar-refractivity contribution in [3.05, 3.63) is 77.4 Å². The third-order valence-corrected chi connectivity index (χ3v) is 4.16. The Hall–Kier alpha value is -3.15. The van der Waals surface area contributed by atoms with E-state index < -0.39 is 0 Å². The minimum atomic E-state index is -0.312. The van der Waals surface area contributed by atoms with Gasteiger partial charge in [0, 0.05) is 30.3 Å². The highest BCUT2D eigenvalue weighted by Gasteiger charge is 2.17. The number of benzene rings is 1. The quantitative estimate of drug-likeness (QED) is 0.523. The van der Waals surface area contributed by atoms with Crippen molar-refractivity contribution in [1.82, 2.24) is 14.5 Å². The lowest BCUT2D eigenvalue weighted by Crippen LogP contribution is -2.15. The fourth-order valence-electron chi connectivity index (χ4n) is 2.79. The molecule has 6 nitrogen and oxygen atoms in total. The number of rotatable bonds is 7. The summed E-state index contributed by atoms with van der Waals surface area (Å²) in [6, 6.07) is 13.8. The van der Waals surface area contributed by atoms with Gasteiger partial charge in [-0.05, 0) is 31.5 Å². The molecular formula is C20H22N4O2. The van der Waals surface area contributed by atoms with Crippen LogP contribution >= 0.6 is 0 Å². The van der Waals surface area contributed by atoms with Gasteiger partial charge in [-0.1, -0.05) is 30.3 Å². The van der Waals surface area contributed by atoms with Crippen LogP contribution in [0.3, 0.4) is 0 Å². The Morgan fingerprint density at radius 3 is 2.58 bits per heavy atom. The van der Waals surface area contributed by atoms with Crippen LogP contribution < -0.4 is 5.32 Å². The minimum absolute atomic E-state index is 0.249. The number of esters is 1. The predicted octanol–water partition coefficient (Wildman–Crippen LogP) is 3.21. The van der Waals surface area contributed by atoms with Gasteiger partial charge in [-0.15, -0.1) is 0 Å². The van der Waals surface area contributed by atoms with Crippen molar-refractivity contribution >= 4 is 11.9 Å². The number of anilines is 1. The molecule has 6 heteroatoms. The average Bonchev–Trinajstić information content (AvgIpc) is 2.95. The second-order valence-corrected chi connectivity index (χ2v) is 5.99. The standard InChI is InChI=1S/C20H22N4O2/c1-15-13-18(16(2)24(15)14-17-7-4-3-5-8-17)19(25)26-12-11-23-20-21-9-6-10-22-20/h3-10,13H,11-12,14H2,1-2H3,(H,21,22,23). The Morgan fingerprint density at radius 1 is 1.12 bits per heavy atom. The molecule has 0 saturated heterocycles. The van der Waals surface area contributed by atoms with Crippen LogP contribution in [0.5, 0.6) is 0 Å². The van der Waals surface area contributed by atoms with Crippen molar-refractivity contribution in [1.29, 1.82) is 0 Å². The van der Waals surface area contributed by atoms with Crippen molar-refractivity contribution < 1.29 is 9.53 Å². The molecule has 0 amide bonds. The molecule has 26 heavy (non-hydrogen) atoms. The molecule has 0 aliphatic rings. The number of carbonyl (C=O) groups is 1. The lowest BCUT2D eigenvalue weighted by molar-refractivity contribution is 0.0519. The zero-order valence-corrected chi connectivity index (χ0v) is 15.0. The maximum atomic E-state index is 12.4. The van der Waals surface area contributed by atoms with Gasteiger partial charge >= 0.3 is 5.97 Å². The van der Waals surface area contributed by atoms with Crippen LogP contribution in [0.4, 0.5) is 5.95 Å². The summed E-state index contributed by atoms with van der Waals surface area (Å²) in [5.41, 5.74) is 3.75. The first-order chi connectivity index (χ1) is 12.6. The Bertz CT molecular complexity index is 860. The summed E-state index contributed by atoms with van der Waals surface area (Å²) in [7, 11) is 0. The summed E-state index contributed by atoms with van der Waals surface area (Å²) in [5, 5.41) is 3.01. The molecule has 0 aliphatic carbocycles. The lowest BCUT2D eigenvalue weighted by Gasteiger charge is -2.10. The Labute approximate surface area is 152 Å². The largest absolute Gasteiger partial charge is 0.460 e. The molecule has 0 atom stereocenters. The number of hydrogen-bond acceptors (Lipinski definition) is 5. The summed E-state index contributed by atoms with van der Waals surface area (Å²) in [6.07, 6.45) is 3.31. The van der Waals surface area contributed by atoms with Gasteiger partial charge in [0.2, 0.25) is 5.95 Å². The van der Waals surface area contributed by atoms with Gasteiger partial charge in [-0.25, -0.2) is 14.8 Å². The molecule has 0 fully saturated rings. The van der Waals surface area contributed by atoms with E-state index in [1.165, 1.54) is 5.56 Å². The molecule has 0 spiro atoms. The van der Waals surface area contributed by atoms with Crippen molar-refractivity contribution in [3.8, 4) is 0 Å². The maximum Gasteiger partial charge on any atom is 0.340 e. The summed E-state index contributed by atoms with van der Waals surface area (Å²) < 4.78 is 7.51. The van der Waals surface area contributed by atoms with E-state index in [-0.39, 0.29) is 12.6 Å². The first-order valence-electron chi connectivity index (χ1n) is 8.54. The lowest BCUT2D eigenvalue weighted by atomic mass is 10.2. The monoisotopic (exact) mass is 350 g/mol. The SMILES string of the molecule is Cc1cc(C(=O)OCCNc2ncccn2)c(C)n1Cc1ccccc1. The number of nitrogens with one attached hydrogen (secondary N) is 1. The maximum absolute atomic E-state index is 12.4. The van der Waals surface area contributed by atoms with Crippen LogP contribution in [-0.4, -0.2) is 33.7 Å². The van der Waals surface area contributed by atoms with Crippen LogP contribution in [-0.2, 0) is 11.3 Å². The van der Waals surface area contributed by atoms with Crippen LogP contribution in [0.2, 0.25) is 0 Å². The van der Waals surface area contributed by atoms with Crippen molar-refractivity contribution in [2.45, 2.75) is 20.4 Å². The van der Waals surface area contributed by atoms with Gasteiger partial charge in [0.15, 0.2) is 0 Å². The number of aryl methyl sites for hydroxylation is 1. The molecule has 0 unspecified atom stereocenters. The first kappa shape index (κ1) is 17.7. The third-order valence-electron chi connectivity index (χ3n) is 4.16. The van der Waals surface area contributed by atoms with Crippen LogP contribution in [0.1, 0.15) is 27.3 Å². The highest BCUT2D eigenvalue weighted by Crippen LogP contribution is 2.18. The van der Waals surface area contributed by atoms with Gasteiger partial charge in [0.05, 0.1) is 12.1 Å². The Morgan fingerprint density at radius 2 is 1.85 bits per heavy atom. The molecule has 134 valence electrons. The highest BCUT2D eigenvalue weighted by atomic mass is 16.5. The minimum Gasteiger partial charge on any atom is -0.460 e. The topological polar surface area (TPSA) is 69.0 Å². The first-order valence-corrected chi connectivity index (χ1v) is 8.54. The molecule has 1 N–H and O–H groups in total. The molecule has 0 bridgehead atoms. The Kier molecular flexibility index (Phi) is 5.63. The van der Waals surface area contributed by atoms with Gasteiger partial charge in [-0.3, -0.25) is 0 Å². The molecule has 3 rings (SSSR count). The van der Waals surface area contributed by atoms with Crippen molar-refractivity contribution in [2.75, 3.05) is 18.5 Å². The van der Waals surface area contributed by atoms with Crippen molar-refractivity contribution in [3.63, 3.8) is 0 Å². The molecule has 2 heterocycles. The van der Waals surface area contributed by atoms with E-state index in [4.69, 9.17) is 4.74 Å². The summed E-state index contributed by atoms with van der Waals surface area (Å²) >= 11 is 0. The van der Waals surface area contributed by atoms with Crippen molar-refractivity contribution in [2.24, 2.45) is 0 Å². The van der Waals surface area contributed by atoms with Gasteiger partial charge in [0.1, 0.15) is 6.61 Å². The van der Waals surface area contributed by atoms with Crippen LogP contribution in [0.15, 0.2) is 54.9 Å². The second-order valence-electron chi connectivity index (χ2n) is 5.99. The number of ether oxygens (including phenoxy) is 1. The molecular weight excluding hydrogens is 328 g/mol. The zero-order valence-electron chi connectivity index (χ0n) is 15.0. The number of aromatic nitrogens is 3. The molecule has 3 aromatic rings. The Balaban J connectivity index is 1.58. The van der Waals surface area contributed by atoms with E-state index in [9.17, 15) is 4.79 Å². The van der Waals surface area contributed by atoms with Gasteiger partial charge < -0.3 is 14.6 Å². The van der Waals surface area contributed by atoms with Crippen LogP contribution in [0.25, 0.3) is 0 Å². The molecule has 0 aliphatic heterocycles. The number of carbonyl (C=O) groups excluding carboxylic acids is 1. The van der Waals surface area contributed by atoms with E-state index in [1.54, 1.807) is 18.5 Å². The van der Waals surface area contributed by atoms with E-state index in [1.807, 2.05) is 38.1 Å². The fraction of sp³-hybridized carbons (Fsp3) is 0.250. The van der Waals surface area contributed by atoms with E-state index in [0.717, 1.165) is 17.9 Å². The molecule has 0 saturated carbocycles. The molecule has 0 radical (unpaired) electrons. The van der Waals surface area contributed by atoms with E-state index in [2.05, 4.69) is 32.0 Å². The number of hydrogen-bond donors (Lipinski definition) is 1. The highest BCUT2D eigenvalue weighted by molar-refractivity contribution is 5.91. The van der Waals surface area contributed by atoms with Gasteiger partial charge in [0.25, 0.3) is 0 Å². The van der Waals surface area contributed by atoms with Crippen LogP contribution in [0, 0.1) is 13.8 Å². The average molecular weight is 350 g/mol. The van der Waals surface area contributed by atoms with Gasteiger partial charge in [-0.2, -0.15) is 0 Å². The molecule has 2 aromatic heterocycles. The molecule has 1 aromatic carbocycles. The predicted molar refractivity (Wildman–Crippen MR) is 100 cm³/mol. The van der Waals surface area contributed by atoms with E-state index >= 15 is 0 Å². The summed E-state index contributed by atoms with van der Waals surface area (Å²) in [5.74, 6) is 0.206. The summed E-state index contributed by atoms with van der Waals surface area (Å²) in [4.78, 5) is 20.5. The second kappa shape index (κ2) is 8.29. The van der Waals surface area contributed by atoms with E-state index in [0.29, 0.717) is 18.1 Å². The third kappa shape index (κ3) is 4.27. The smallest absolute Gasteiger partial charge is 0.340 e. The number of nitrogens with zero attached hydrogens (tertiary/aromatic N) is 3. The normalized spacial score (nSPS) is 10.5. The zero-order chi connectivity index (χ0) is 18.4. The summed E-state index contributed by atoms with van der Waals surface area (Å²) in [6.45, 7) is 5.39. The fourth-order valence-corrected chi connectivity index (χ4v) is 2.79.